The van der Waals surface area contributed by atoms with Gasteiger partial charge in [-0.2, -0.15) is 0 Å². The van der Waals surface area contributed by atoms with Crippen molar-refractivity contribution in [2.75, 3.05) is 7.11 Å². The Hall–Kier alpha value is -0.0800. The van der Waals surface area contributed by atoms with Crippen molar-refractivity contribution >= 4 is 0 Å². The molecule has 0 aromatic heterocycles. The van der Waals surface area contributed by atoms with Crippen LogP contribution in [0.25, 0.3) is 0 Å². The SMILES string of the molecule is CO[C@@H]1CC[C@@H](NC(C)C)C1. The minimum absolute atomic E-state index is 0.506. The fourth-order valence-corrected chi connectivity index (χ4v) is 1.78. The topological polar surface area (TPSA) is 21.3 Å². The second-order valence-electron chi connectivity index (χ2n) is 3.69. The zero-order valence-corrected chi connectivity index (χ0v) is 7.76. The summed E-state index contributed by atoms with van der Waals surface area (Å²) in [6, 6.07) is 1.30. The fourth-order valence-electron chi connectivity index (χ4n) is 1.78. The summed E-state index contributed by atoms with van der Waals surface area (Å²) < 4.78 is 5.28. The van der Waals surface area contributed by atoms with Gasteiger partial charge in [-0.1, -0.05) is 13.8 Å². The summed E-state index contributed by atoms with van der Waals surface area (Å²) in [5.41, 5.74) is 0. The summed E-state index contributed by atoms with van der Waals surface area (Å²) in [6.07, 6.45) is 4.19. The van der Waals surface area contributed by atoms with E-state index in [0.717, 1.165) is 0 Å². The molecule has 1 saturated carbocycles. The second kappa shape index (κ2) is 4.07. The van der Waals surface area contributed by atoms with Gasteiger partial charge >= 0.3 is 0 Å². The Balaban J connectivity index is 2.19. The molecule has 66 valence electrons. The minimum Gasteiger partial charge on any atom is -0.381 e. The van der Waals surface area contributed by atoms with Gasteiger partial charge in [0.05, 0.1) is 6.10 Å². The van der Waals surface area contributed by atoms with Gasteiger partial charge in [-0.25, -0.2) is 0 Å². The van der Waals surface area contributed by atoms with E-state index in [-0.39, 0.29) is 0 Å². The molecule has 1 aliphatic carbocycles. The molecule has 0 unspecified atom stereocenters. The van der Waals surface area contributed by atoms with Crippen LogP contribution in [0.1, 0.15) is 33.1 Å². The highest BCUT2D eigenvalue weighted by Crippen LogP contribution is 2.21. The van der Waals surface area contributed by atoms with Gasteiger partial charge in [0.25, 0.3) is 0 Å². The van der Waals surface area contributed by atoms with Gasteiger partial charge in [0.15, 0.2) is 0 Å². The normalized spacial score (nSPS) is 31.6. The van der Waals surface area contributed by atoms with Crippen molar-refractivity contribution in [2.24, 2.45) is 0 Å². The molecule has 0 bridgehead atoms. The average Bonchev–Trinajstić information content (AvgIpc) is 2.34. The lowest BCUT2D eigenvalue weighted by Gasteiger charge is -2.15. The highest BCUT2D eigenvalue weighted by molar-refractivity contribution is 4.81. The molecule has 0 aromatic rings. The Morgan fingerprint density at radius 3 is 2.55 bits per heavy atom. The van der Waals surface area contributed by atoms with Gasteiger partial charge in [0.1, 0.15) is 0 Å². The van der Waals surface area contributed by atoms with E-state index in [1.54, 1.807) is 0 Å². The number of rotatable bonds is 3. The number of methoxy groups -OCH3 is 1. The van der Waals surface area contributed by atoms with Crippen LogP contribution in [0.5, 0.6) is 0 Å². The van der Waals surface area contributed by atoms with Crippen molar-refractivity contribution in [3.05, 3.63) is 0 Å². The molecule has 0 aliphatic heterocycles. The molecule has 0 radical (unpaired) electrons. The van der Waals surface area contributed by atoms with E-state index in [2.05, 4.69) is 19.2 Å². The summed E-state index contributed by atoms with van der Waals surface area (Å²) in [4.78, 5) is 0. The Bertz CT molecular complexity index is 114. The van der Waals surface area contributed by atoms with E-state index in [1.165, 1.54) is 19.3 Å². The van der Waals surface area contributed by atoms with Gasteiger partial charge in [0, 0.05) is 19.2 Å². The molecule has 2 nitrogen and oxygen atoms in total. The van der Waals surface area contributed by atoms with Crippen LogP contribution < -0.4 is 5.32 Å². The van der Waals surface area contributed by atoms with Crippen LogP contribution >= 0.6 is 0 Å². The van der Waals surface area contributed by atoms with E-state index in [0.29, 0.717) is 18.2 Å². The first-order chi connectivity index (χ1) is 5.22. The average molecular weight is 157 g/mol. The van der Waals surface area contributed by atoms with Crippen molar-refractivity contribution < 1.29 is 4.74 Å². The lowest BCUT2D eigenvalue weighted by atomic mass is 10.2. The zero-order chi connectivity index (χ0) is 8.27. The van der Waals surface area contributed by atoms with Gasteiger partial charge in [-0.05, 0) is 19.3 Å². The minimum atomic E-state index is 0.506. The van der Waals surface area contributed by atoms with E-state index >= 15 is 0 Å². The van der Waals surface area contributed by atoms with Gasteiger partial charge in [-0.15, -0.1) is 0 Å². The molecule has 1 aliphatic rings. The van der Waals surface area contributed by atoms with Crippen molar-refractivity contribution in [3.63, 3.8) is 0 Å². The third kappa shape index (κ3) is 2.80. The lowest BCUT2D eigenvalue weighted by Crippen LogP contribution is -2.33. The number of hydrogen-bond acceptors (Lipinski definition) is 2. The summed E-state index contributed by atoms with van der Waals surface area (Å²) in [6.45, 7) is 4.39. The molecular weight excluding hydrogens is 138 g/mol. The number of ether oxygens (including phenoxy) is 1. The molecule has 0 saturated heterocycles. The first-order valence-corrected chi connectivity index (χ1v) is 4.51. The Labute approximate surface area is 69.3 Å². The maximum atomic E-state index is 5.28. The van der Waals surface area contributed by atoms with Crippen molar-refractivity contribution in [1.29, 1.82) is 0 Å². The van der Waals surface area contributed by atoms with Gasteiger partial charge in [0.2, 0.25) is 0 Å². The predicted octanol–water partition coefficient (Wildman–Crippen LogP) is 1.55. The highest BCUT2D eigenvalue weighted by atomic mass is 16.5. The molecule has 0 spiro atoms. The molecule has 0 heterocycles. The quantitative estimate of drug-likeness (QED) is 0.671. The first kappa shape index (κ1) is 9.01. The van der Waals surface area contributed by atoms with E-state index < -0.39 is 0 Å². The molecule has 1 rings (SSSR count). The zero-order valence-electron chi connectivity index (χ0n) is 7.76. The van der Waals surface area contributed by atoms with Crippen LogP contribution in [0.4, 0.5) is 0 Å². The standard InChI is InChI=1S/C9H19NO/c1-7(2)10-8-4-5-9(6-8)11-3/h7-10H,4-6H2,1-3H3/t8-,9-/m1/s1. The summed E-state index contributed by atoms with van der Waals surface area (Å²) >= 11 is 0. The first-order valence-electron chi connectivity index (χ1n) is 4.51. The van der Waals surface area contributed by atoms with Crippen LogP contribution in [0.2, 0.25) is 0 Å². The molecule has 11 heavy (non-hydrogen) atoms. The molecule has 1 fully saturated rings. The maximum Gasteiger partial charge on any atom is 0.0586 e. The van der Waals surface area contributed by atoms with E-state index in [9.17, 15) is 0 Å². The monoisotopic (exact) mass is 157 g/mol. The maximum absolute atomic E-state index is 5.28. The fraction of sp³-hybridized carbons (Fsp3) is 1.00. The molecular formula is C9H19NO. The number of nitrogens with one attached hydrogen (secondary N) is 1. The highest BCUT2D eigenvalue weighted by Gasteiger charge is 2.24. The smallest absolute Gasteiger partial charge is 0.0586 e. The number of hydrogen-bond donors (Lipinski definition) is 1. The summed E-state index contributed by atoms with van der Waals surface area (Å²) in [7, 11) is 1.81. The molecule has 0 aromatic carbocycles. The lowest BCUT2D eigenvalue weighted by molar-refractivity contribution is 0.106. The third-order valence-electron chi connectivity index (χ3n) is 2.29. The summed E-state index contributed by atoms with van der Waals surface area (Å²) in [5.74, 6) is 0. The van der Waals surface area contributed by atoms with Crippen molar-refractivity contribution in [1.82, 2.24) is 5.32 Å². The van der Waals surface area contributed by atoms with Crippen LogP contribution in [0, 0.1) is 0 Å². The summed E-state index contributed by atoms with van der Waals surface area (Å²) in [5, 5.41) is 3.53. The third-order valence-corrected chi connectivity index (χ3v) is 2.29. The Kier molecular flexibility index (Phi) is 3.34. The van der Waals surface area contributed by atoms with Gasteiger partial charge in [-0.3, -0.25) is 0 Å². The van der Waals surface area contributed by atoms with Crippen LogP contribution in [-0.2, 0) is 4.74 Å². The van der Waals surface area contributed by atoms with E-state index in [4.69, 9.17) is 4.74 Å². The van der Waals surface area contributed by atoms with Crippen LogP contribution in [0.3, 0.4) is 0 Å². The van der Waals surface area contributed by atoms with Crippen molar-refractivity contribution in [3.8, 4) is 0 Å². The molecule has 0 amide bonds. The second-order valence-corrected chi connectivity index (χ2v) is 3.69. The molecule has 2 atom stereocenters. The Morgan fingerprint density at radius 1 is 1.36 bits per heavy atom. The van der Waals surface area contributed by atoms with Crippen LogP contribution in [0.15, 0.2) is 0 Å². The molecule has 2 heteroatoms. The predicted molar refractivity (Wildman–Crippen MR) is 46.7 cm³/mol. The Morgan fingerprint density at radius 2 is 2.09 bits per heavy atom. The van der Waals surface area contributed by atoms with Crippen LogP contribution in [-0.4, -0.2) is 25.3 Å². The van der Waals surface area contributed by atoms with Crippen molar-refractivity contribution in [2.45, 2.75) is 51.3 Å². The van der Waals surface area contributed by atoms with Gasteiger partial charge < -0.3 is 10.1 Å². The largest absolute Gasteiger partial charge is 0.381 e. The van der Waals surface area contributed by atoms with E-state index in [1.807, 2.05) is 7.11 Å². The molecule has 1 N–H and O–H groups in total.